The third-order valence-corrected chi connectivity index (χ3v) is 1.65. The van der Waals surface area contributed by atoms with Crippen LogP contribution in [-0.4, -0.2) is 15.0 Å². The van der Waals surface area contributed by atoms with E-state index in [1.807, 2.05) is 6.19 Å². The van der Waals surface area contributed by atoms with Crippen LogP contribution in [0, 0.1) is 18.0 Å². The van der Waals surface area contributed by atoms with Gasteiger partial charge in [0.2, 0.25) is 6.19 Å². The van der Waals surface area contributed by atoms with Crippen molar-refractivity contribution < 1.29 is 0 Å². The van der Waals surface area contributed by atoms with Gasteiger partial charge in [-0.2, -0.15) is 5.26 Å². The number of hydrogen-bond acceptors (Lipinski definition) is 3. The topological polar surface area (TPSA) is 58.9 Å². The molecule has 0 aliphatic rings. The molecular weight excluding hydrogens is 166 g/mol. The van der Waals surface area contributed by atoms with E-state index < -0.39 is 0 Å². The van der Waals surface area contributed by atoms with Crippen molar-refractivity contribution in [1.82, 2.24) is 15.0 Å². The third-order valence-electron chi connectivity index (χ3n) is 1.65. The van der Waals surface area contributed by atoms with Gasteiger partial charge < -0.3 is 0 Å². The molecule has 0 aliphatic carbocycles. The zero-order valence-corrected chi connectivity index (χ0v) is 6.47. The Hall–Kier alpha value is -2.40. The maximum absolute atomic E-state index is 8.62. The molecule has 5 heteroatoms. The van der Waals surface area contributed by atoms with Gasteiger partial charge in [-0.25, -0.2) is 4.85 Å². The van der Waals surface area contributed by atoms with Crippen molar-refractivity contribution in [2.75, 3.05) is 0 Å². The molecule has 0 spiro atoms. The van der Waals surface area contributed by atoms with Crippen LogP contribution < -0.4 is 0 Å². The second-order valence-electron chi connectivity index (χ2n) is 2.39. The fraction of sp³-hybridized carbons (Fsp3) is 0. The Kier molecular flexibility index (Phi) is 1.44. The molecule has 0 saturated heterocycles. The summed E-state index contributed by atoms with van der Waals surface area (Å²) in [6, 6.07) is 4.90. The number of nitriles is 1. The van der Waals surface area contributed by atoms with E-state index in [9.17, 15) is 0 Å². The van der Waals surface area contributed by atoms with Crippen LogP contribution in [0.25, 0.3) is 15.9 Å². The molecule has 0 atom stereocenters. The van der Waals surface area contributed by atoms with Gasteiger partial charge in [0.25, 0.3) is 0 Å². The minimum Gasteiger partial charge on any atom is -0.238 e. The molecule has 0 fully saturated rings. The summed E-state index contributed by atoms with van der Waals surface area (Å²) in [6.45, 7) is 6.79. The van der Waals surface area contributed by atoms with Crippen molar-refractivity contribution in [3.8, 4) is 6.19 Å². The first-order valence-corrected chi connectivity index (χ1v) is 3.48. The first kappa shape index (κ1) is 7.26. The number of nitrogens with zero attached hydrogens (tertiary/aromatic N) is 5. The van der Waals surface area contributed by atoms with Gasteiger partial charge >= 0.3 is 0 Å². The van der Waals surface area contributed by atoms with Gasteiger partial charge in [-0.15, -0.1) is 9.78 Å². The predicted octanol–water partition coefficient (Wildman–Crippen LogP) is 1.31. The molecule has 2 aromatic rings. The molecule has 5 nitrogen and oxygen atoms in total. The van der Waals surface area contributed by atoms with Crippen molar-refractivity contribution in [3.63, 3.8) is 0 Å². The summed E-state index contributed by atoms with van der Waals surface area (Å²) < 4.78 is 1.09. The monoisotopic (exact) mass is 169 g/mol. The molecule has 13 heavy (non-hydrogen) atoms. The molecule has 1 aromatic heterocycles. The van der Waals surface area contributed by atoms with Crippen LogP contribution in [0.4, 0.5) is 5.69 Å². The van der Waals surface area contributed by atoms with Crippen molar-refractivity contribution in [2.24, 2.45) is 0 Å². The smallest absolute Gasteiger partial charge is 0.208 e. The average molecular weight is 169 g/mol. The Labute approximate surface area is 73.6 Å². The van der Waals surface area contributed by atoms with Gasteiger partial charge in [0.1, 0.15) is 5.52 Å². The fourth-order valence-electron chi connectivity index (χ4n) is 1.05. The van der Waals surface area contributed by atoms with E-state index in [1.54, 1.807) is 18.2 Å². The minimum atomic E-state index is 0.478. The van der Waals surface area contributed by atoms with E-state index in [4.69, 9.17) is 11.8 Å². The molecule has 0 amide bonds. The van der Waals surface area contributed by atoms with Crippen LogP contribution in [0.2, 0.25) is 0 Å². The standard InChI is InChI=1S/C8H3N5/c1-10-6-2-3-7-8(4-6)13(5-9)12-11-7/h2-4H. The summed E-state index contributed by atoms with van der Waals surface area (Å²) >= 11 is 0. The predicted molar refractivity (Wildman–Crippen MR) is 44.8 cm³/mol. The van der Waals surface area contributed by atoms with Crippen LogP contribution in [-0.2, 0) is 0 Å². The fourth-order valence-corrected chi connectivity index (χ4v) is 1.05. The van der Waals surface area contributed by atoms with E-state index in [-0.39, 0.29) is 0 Å². The van der Waals surface area contributed by atoms with Crippen LogP contribution >= 0.6 is 0 Å². The molecule has 0 unspecified atom stereocenters. The lowest BCUT2D eigenvalue weighted by atomic mass is 10.3. The van der Waals surface area contributed by atoms with Crippen molar-refractivity contribution in [2.45, 2.75) is 0 Å². The van der Waals surface area contributed by atoms with Crippen molar-refractivity contribution >= 4 is 16.7 Å². The molecule has 1 heterocycles. The average Bonchev–Trinajstić information content (AvgIpc) is 2.59. The Balaban J connectivity index is 2.83. The quantitative estimate of drug-likeness (QED) is 0.558. The third kappa shape index (κ3) is 0.996. The normalized spacial score (nSPS) is 9.38. The molecular formula is C8H3N5. The molecule has 0 N–H and O–H groups in total. The van der Waals surface area contributed by atoms with Crippen LogP contribution in [0.5, 0.6) is 0 Å². The summed E-state index contributed by atoms with van der Waals surface area (Å²) in [5.41, 5.74) is 1.66. The Morgan fingerprint density at radius 1 is 1.54 bits per heavy atom. The van der Waals surface area contributed by atoms with E-state index >= 15 is 0 Å². The summed E-state index contributed by atoms with van der Waals surface area (Å²) in [5, 5.41) is 16.0. The van der Waals surface area contributed by atoms with Crippen LogP contribution in [0.15, 0.2) is 18.2 Å². The van der Waals surface area contributed by atoms with E-state index in [1.165, 1.54) is 0 Å². The molecule has 0 bridgehead atoms. The Morgan fingerprint density at radius 3 is 3.08 bits per heavy atom. The maximum Gasteiger partial charge on any atom is 0.208 e. The highest BCUT2D eigenvalue weighted by atomic mass is 15.4. The lowest BCUT2D eigenvalue weighted by molar-refractivity contribution is 0.837. The summed E-state index contributed by atoms with van der Waals surface area (Å²) in [5.74, 6) is 0. The first-order chi connectivity index (χ1) is 6.35. The van der Waals surface area contributed by atoms with Crippen molar-refractivity contribution in [3.05, 3.63) is 29.6 Å². The summed E-state index contributed by atoms with van der Waals surface area (Å²) in [4.78, 5) is 3.25. The molecule has 1 aromatic carbocycles. The van der Waals surface area contributed by atoms with Gasteiger partial charge in [0.05, 0.1) is 12.1 Å². The molecule has 0 aliphatic heterocycles. The number of rotatable bonds is 0. The minimum absolute atomic E-state index is 0.478. The highest BCUT2D eigenvalue weighted by Crippen LogP contribution is 2.18. The number of fused-ring (bicyclic) bond motifs is 1. The van der Waals surface area contributed by atoms with Gasteiger partial charge in [0, 0.05) is 0 Å². The molecule has 0 saturated carbocycles. The molecule has 60 valence electrons. The largest absolute Gasteiger partial charge is 0.238 e. The number of aromatic nitrogens is 3. The summed E-state index contributed by atoms with van der Waals surface area (Å²) in [7, 11) is 0. The van der Waals surface area contributed by atoms with Crippen molar-refractivity contribution in [1.29, 1.82) is 5.26 Å². The summed E-state index contributed by atoms with van der Waals surface area (Å²) in [6.07, 6.45) is 1.84. The molecule has 2 rings (SSSR count). The van der Waals surface area contributed by atoms with Gasteiger partial charge in [-0.05, 0) is 12.1 Å². The van der Waals surface area contributed by atoms with E-state index in [2.05, 4.69) is 15.2 Å². The van der Waals surface area contributed by atoms with E-state index in [0.29, 0.717) is 16.7 Å². The number of hydrogen-bond donors (Lipinski definition) is 0. The second kappa shape index (κ2) is 2.58. The Morgan fingerprint density at radius 2 is 2.38 bits per heavy atom. The van der Waals surface area contributed by atoms with Gasteiger partial charge in [-0.3, -0.25) is 0 Å². The second-order valence-corrected chi connectivity index (χ2v) is 2.39. The van der Waals surface area contributed by atoms with Crippen LogP contribution in [0.3, 0.4) is 0 Å². The molecule has 0 radical (unpaired) electrons. The lowest BCUT2D eigenvalue weighted by Gasteiger charge is -1.89. The highest BCUT2D eigenvalue weighted by Gasteiger charge is 2.03. The zero-order chi connectivity index (χ0) is 9.26. The SMILES string of the molecule is [C-]#[N+]c1ccc2nnn(C#N)c2c1. The van der Waals surface area contributed by atoms with Gasteiger partial charge in [0.15, 0.2) is 5.69 Å². The first-order valence-electron chi connectivity index (χ1n) is 3.48. The maximum atomic E-state index is 8.62. The van der Waals surface area contributed by atoms with Gasteiger partial charge in [-0.1, -0.05) is 11.3 Å². The number of benzene rings is 1. The van der Waals surface area contributed by atoms with Crippen LogP contribution in [0.1, 0.15) is 0 Å². The highest BCUT2D eigenvalue weighted by molar-refractivity contribution is 5.79. The lowest BCUT2D eigenvalue weighted by Crippen LogP contribution is -1.88. The zero-order valence-electron chi connectivity index (χ0n) is 6.47. The van der Waals surface area contributed by atoms with E-state index in [0.717, 1.165) is 4.68 Å². The Bertz CT molecular complexity index is 540.